The van der Waals surface area contributed by atoms with E-state index < -0.39 is 10.0 Å². The molecule has 0 bridgehead atoms. The van der Waals surface area contributed by atoms with E-state index in [1.165, 1.54) is 10.5 Å². The molecule has 3 heterocycles. The molecule has 1 aliphatic rings. The Balaban J connectivity index is 1.98. The highest BCUT2D eigenvalue weighted by atomic mass is 35.5. The van der Waals surface area contributed by atoms with Crippen LogP contribution < -0.4 is 5.32 Å². The summed E-state index contributed by atoms with van der Waals surface area (Å²) in [5.74, 6) is 0.351. The van der Waals surface area contributed by atoms with Gasteiger partial charge in [-0.15, -0.1) is 0 Å². The summed E-state index contributed by atoms with van der Waals surface area (Å²) in [6.07, 6.45) is 3.90. The quantitative estimate of drug-likeness (QED) is 0.890. The number of aromatic nitrogens is 2. The van der Waals surface area contributed by atoms with Crippen LogP contribution >= 0.6 is 11.6 Å². The number of rotatable bonds is 4. The SMILES string of the molecule is CNCC1CCN(S(=O)(=O)c2c[nH]c3nccc(Cl)c23)C1. The predicted molar refractivity (Wildman–Crippen MR) is 81.9 cm³/mol. The van der Waals surface area contributed by atoms with E-state index in [9.17, 15) is 8.42 Å². The number of nitrogens with zero attached hydrogens (tertiary/aromatic N) is 2. The first-order chi connectivity index (χ1) is 10.0. The van der Waals surface area contributed by atoms with Gasteiger partial charge in [0.2, 0.25) is 10.0 Å². The molecule has 0 radical (unpaired) electrons. The molecule has 3 rings (SSSR count). The van der Waals surface area contributed by atoms with Crippen LogP contribution in [0.3, 0.4) is 0 Å². The molecule has 8 heteroatoms. The third kappa shape index (κ3) is 2.55. The molecule has 114 valence electrons. The molecule has 1 aliphatic heterocycles. The summed E-state index contributed by atoms with van der Waals surface area (Å²) in [4.78, 5) is 7.20. The maximum absolute atomic E-state index is 12.8. The van der Waals surface area contributed by atoms with Gasteiger partial charge in [0.05, 0.1) is 10.4 Å². The van der Waals surface area contributed by atoms with Gasteiger partial charge in [0.1, 0.15) is 10.5 Å². The van der Waals surface area contributed by atoms with Crippen LogP contribution in [0.2, 0.25) is 5.02 Å². The third-order valence-electron chi connectivity index (χ3n) is 3.85. The summed E-state index contributed by atoms with van der Waals surface area (Å²) in [6, 6.07) is 1.60. The van der Waals surface area contributed by atoms with Crippen molar-refractivity contribution >= 4 is 32.7 Å². The van der Waals surface area contributed by atoms with Crippen LogP contribution in [-0.4, -0.2) is 49.4 Å². The van der Waals surface area contributed by atoms with E-state index in [4.69, 9.17) is 11.6 Å². The minimum Gasteiger partial charge on any atom is -0.345 e. The molecule has 1 unspecified atom stereocenters. The molecular weight excluding hydrogens is 312 g/mol. The number of nitrogens with one attached hydrogen (secondary N) is 2. The van der Waals surface area contributed by atoms with Crippen LogP contribution in [0, 0.1) is 5.92 Å². The second kappa shape index (κ2) is 5.57. The number of halogens is 1. The Labute approximate surface area is 128 Å². The number of fused-ring (bicyclic) bond motifs is 1. The maximum atomic E-state index is 12.8. The van der Waals surface area contributed by atoms with Crippen molar-refractivity contribution in [1.29, 1.82) is 0 Å². The Morgan fingerprint density at radius 2 is 2.38 bits per heavy atom. The number of pyridine rings is 1. The van der Waals surface area contributed by atoms with E-state index in [0.717, 1.165) is 13.0 Å². The second-order valence-corrected chi connectivity index (χ2v) is 7.56. The third-order valence-corrected chi connectivity index (χ3v) is 6.05. The number of sulfonamides is 1. The number of hydrogen-bond acceptors (Lipinski definition) is 4. The molecule has 1 saturated heterocycles. The molecule has 2 aromatic heterocycles. The van der Waals surface area contributed by atoms with Gasteiger partial charge in [-0.05, 0) is 32.0 Å². The minimum atomic E-state index is -3.55. The van der Waals surface area contributed by atoms with Gasteiger partial charge < -0.3 is 10.3 Å². The van der Waals surface area contributed by atoms with E-state index in [-0.39, 0.29) is 4.90 Å². The lowest BCUT2D eigenvalue weighted by atomic mass is 10.1. The molecule has 0 aromatic carbocycles. The zero-order valence-electron chi connectivity index (χ0n) is 11.6. The summed E-state index contributed by atoms with van der Waals surface area (Å²) in [6.45, 7) is 1.90. The highest BCUT2D eigenvalue weighted by Crippen LogP contribution is 2.32. The minimum absolute atomic E-state index is 0.209. The summed E-state index contributed by atoms with van der Waals surface area (Å²) in [5.41, 5.74) is 0.493. The molecule has 0 amide bonds. The van der Waals surface area contributed by atoms with Gasteiger partial charge in [-0.1, -0.05) is 11.6 Å². The zero-order valence-corrected chi connectivity index (χ0v) is 13.2. The van der Waals surface area contributed by atoms with Crippen LogP contribution in [0.5, 0.6) is 0 Å². The van der Waals surface area contributed by atoms with E-state index in [2.05, 4.69) is 15.3 Å². The van der Waals surface area contributed by atoms with Crippen LogP contribution in [0.4, 0.5) is 0 Å². The molecule has 0 spiro atoms. The van der Waals surface area contributed by atoms with Crippen molar-refractivity contribution in [3.63, 3.8) is 0 Å². The summed E-state index contributed by atoms with van der Waals surface area (Å²) < 4.78 is 27.2. The largest absolute Gasteiger partial charge is 0.345 e. The van der Waals surface area contributed by atoms with E-state index >= 15 is 0 Å². The highest BCUT2D eigenvalue weighted by Gasteiger charge is 2.34. The fourth-order valence-corrected chi connectivity index (χ4v) is 4.81. The molecule has 0 saturated carbocycles. The monoisotopic (exact) mass is 328 g/mol. The van der Waals surface area contributed by atoms with E-state index in [1.54, 1.807) is 12.3 Å². The summed E-state index contributed by atoms with van der Waals surface area (Å²) in [7, 11) is -1.67. The van der Waals surface area contributed by atoms with Gasteiger partial charge in [0, 0.05) is 25.5 Å². The van der Waals surface area contributed by atoms with Crippen LogP contribution in [0.1, 0.15) is 6.42 Å². The van der Waals surface area contributed by atoms with Crippen molar-refractivity contribution in [2.75, 3.05) is 26.7 Å². The Morgan fingerprint density at radius 1 is 1.57 bits per heavy atom. The lowest BCUT2D eigenvalue weighted by Gasteiger charge is -2.16. The first-order valence-corrected chi connectivity index (χ1v) is 8.62. The predicted octanol–water partition coefficient (Wildman–Crippen LogP) is 1.45. The first kappa shape index (κ1) is 14.8. The van der Waals surface area contributed by atoms with Crippen molar-refractivity contribution in [3.8, 4) is 0 Å². The van der Waals surface area contributed by atoms with Crippen molar-refractivity contribution in [2.24, 2.45) is 5.92 Å². The molecule has 1 fully saturated rings. The fourth-order valence-electron chi connectivity index (χ4n) is 2.80. The Hall–Kier alpha value is -1.15. The number of hydrogen-bond donors (Lipinski definition) is 2. The van der Waals surface area contributed by atoms with Gasteiger partial charge in [0.25, 0.3) is 0 Å². The maximum Gasteiger partial charge on any atom is 0.245 e. The first-order valence-electron chi connectivity index (χ1n) is 6.80. The molecule has 1 atom stereocenters. The molecular formula is C13H17ClN4O2S. The van der Waals surface area contributed by atoms with Crippen LogP contribution in [-0.2, 0) is 10.0 Å². The van der Waals surface area contributed by atoms with Gasteiger partial charge in [-0.25, -0.2) is 13.4 Å². The van der Waals surface area contributed by atoms with Gasteiger partial charge in [-0.3, -0.25) is 0 Å². The van der Waals surface area contributed by atoms with Gasteiger partial charge >= 0.3 is 0 Å². The summed E-state index contributed by atoms with van der Waals surface area (Å²) in [5, 5.41) is 3.96. The summed E-state index contributed by atoms with van der Waals surface area (Å²) >= 11 is 6.14. The van der Waals surface area contributed by atoms with Crippen molar-refractivity contribution < 1.29 is 8.42 Å². The fraction of sp³-hybridized carbons (Fsp3) is 0.462. The van der Waals surface area contributed by atoms with Gasteiger partial charge in [-0.2, -0.15) is 4.31 Å². The molecule has 2 aromatic rings. The van der Waals surface area contributed by atoms with Crippen molar-refractivity contribution in [2.45, 2.75) is 11.3 Å². The number of aromatic amines is 1. The van der Waals surface area contributed by atoms with Gasteiger partial charge in [0.15, 0.2) is 0 Å². The van der Waals surface area contributed by atoms with Crippen molar-refractivity contribution in [1.82, 2.24) is 19.6 Å². The molecule has 6 nitrogen and oxygen atoms in total. The van der Waals surface area contributed by atoms with E-state index in [1.807, 2.05) is 7.05 Å². The van der Waals surface area contributed by atoms with E-state index in [0.29, 0.717) is 35.1 Å². The standard InChI is InChI=1S/C13H17ClN4O2S/c1-15-6-9-3-5-18(8-9)21(19,20)11-7-17-13-12(11)10(14)2-4-16-13/h2,4,7,9,15H,3,5-6,8H2,1H3,(H,16,17). The number of H-pyrrole nitrogens is 1. The van der Waals surface area contributed by atoms with Crippen LogP contribution in [0.15, 0.2) is 23.4 Å². The molecule has 0 aliphatic carbocycles. The molecule has 21 heavy (non-hydrogen) atoms. The average molecular weight is 329 g/mol. The topological polar surface area (TPSA) is 78.1 Å². The lowest BCUT2D eigenvalue weighted by Crippen LogP contribution is -2.30. The Bertz CT molecular complexity index is 759. The highest BCUT2D eigenvalue weighted by molar-refractivity contribution is 7.89. The van der Waals surface area contributed by atoms with Crippen LogP contribution in [0.25, 0.3) is 11.0 Å². The second-order valence-electron chi connectivity index (χ2n) is 5.24. The van der Waals surface area contributed by atoms with Crippen molar-refractivity contribution in [3.05, 3.63) is 23.5 Å². The zero-order chi connectivity index (χ0) is 15.0. The average Bonchev–Trinajstić information content (AvgIpc) is 3.06. The lowest BCUT2D eigenvalue weighted by molar-refractivity contribution is 0.451. The smallest absolute Gasteiger partial charge is 0.245 e. The normalized spacial score (nSPS) is 20.4. The Morgan fingerprint density at radius 3 is 3.14 bits per heavy atom. The molecule has 2 N–H and O–H groups in total. The Kier molecular flexibility index (Phi) is 3.92.